The largest absolute Gasteiger partial charge is 0.329 e. The Morgan fingerprint density at radius 1 is 1.30 bits per heavy atom. The van der Waals surface area contributed by atoms with Crippen LogP contribution in [0.15, 0.2) is 24.3 Å². The lowest BCUT2D eigenvalue weighted by Gasteiger charge is -2.42. The normalized spacial score (nSPS) is 16.6. The minimum Gasteiger partial charge on any atom is -0.329 e. The lowest BCUT2D eigenvalue weighted by molar-refractivity contribution is -0.140. The summed E-state index contributed by atoms with van der Waals surface area (Å²) in [6, 6.07) is 6.26. The molecule has 23 heavy (non-hydrogen) atoms. The number of rotatable bonds is 3. The van der Waals surface area contributed by atoms with Crippen LogP contribution in [0.4, 0.5) is 4.39 Å². The third kappa shape index (κ3) is 2.43. The van der Waals surface area contributed by atoms with Gasteiger partial charge in [0.25, 0.3) is 0 Å². The van der Waals surface area contributed by atoms with E-state index in [2.05, 4.69) is 0 Å². The molecule has 0 bridgehead atoms. The number of aromatic nitrogens is 2. The van der Waals surface area contributed by atoms with Crippen molar-refractivity contribution in [1.29, 1.82) is 0 Å². The molecule has 1 aromatic carbocycles. The molecule has 0 spiro atoms. The first kappa shape index (κ1) is 15.7. The highest BCUT2D eigenvalue weighted by molar-refractivity contribution is 5.79. The van der Waals surface area contributed by atoms with Gasteiger partial charge >= 0.3 is 0 Å². The number of benzene rings is 1. The Morgan fingerprint density at radius 2 is 1.96 bits per heavy atom. The van der Waals surface area contributed by atoms with Crippen LogP contribution in [0.25, 0.3) is 11.3 Å². The molecule has 0 radical (unpaired) electrons. The average molecular weight is 316 g/mol. The number of nitrogens with two attached hydrogens (primary N) is 1. The average Bonchev–Trinajstić information content (AvgIpc) is 2.83. The molecule has 2 N–H and O–H groups in total. The highest BCUT2D eigenvalue weighted by Gasteiger charge is 2.41. The van der Waals surface area contributed by atoms with E-state index >= 15 is 0 Å². The third-order valence-electron chi connectivity index (χ3n) is 4.51. The number of hydrogen-bond acceptors (Lipinski definition) is 3. The van der Waals surface area contributed by atoms with Gasteiger partial charge in [0.05, 0.1) is 11.2 Å². The first-order valence-corrected chi connectivity index (χ1v) is 7.70. The maximum atomic E-state index is 13.2. The molecule has 5 nitrogen and oxygen atoms in total. The predicted octanol–water partition coefficient (Wildman–Crippen LogP) is 2.03. The summed E-state index contributed by atoms with van der Waals surface area (Å²) in [7, 11) is 0. The maximum Gasteiger partial charge on any atom is 0.243 e. The van der Waals surface area contributed by atoms with E-state index < -0.39 is 5.54 Å². The minimum atomic E-state index is -0.530. The Balaban J connectivity index is 2.12. The van der Waals surface area contributed by atoms with Gasteiger partial charge in [-0.25, -0.2) is 9.37 Å². The van der Waals surface area contributed by atoms with E-state index in [-0.39, 0.29) is 18.3 Å². The quantitative estimate of drug-likeness (QED) is 0.942. The summed E-state index contributed by atoms with van der Waals surface area (Å²) in [5, 5.41) is 0. The van der Waals surface area contributed by atoms with Crippen LogP contribution >= 0.6 is 0 Å². The number of amides is 1. The van der Waals surface area contributed by atoms with Crippen molar-refractivity contribution in [3.8, 4) is 11.3 Å². The van der Waals surface area contributed by atoms with Gasteiger partial charge in [-0.05, 0) is 45.0 Å². The van der Waals surface area contributed by atoms with Gasteiger partial charge in [-0.15, -0.1) is 0 Å². The number of carbonyl (C=O) groups excluding carboxylic acids is 1. The van der Waals surface area contributed by atoms with Crippen LogP contribution in [-0.4, -0.2) is 33.4 Å². The maximum absolute atomic E-state index is 13.2. The first-order chi connectivity index (χ1) is 10.9. The van der Waals surface area contributed by atoms with Crippen LogP contribution in [0.1, 0.15) is 25.4 Å². The summed E-state index contributed by atoms with van der Waals surface area (Å²) in [4.78, 5) is 19.0. The van der Waals surface area contributed by atoms with E-state index in [9.17, 15) is 9.18 Å². The number of halogens is 1. The van der Waals surface area contributed by atoms with Gasteiger partial charge in [0.15, 0.2) is 0 Å². The molecule has 3 rings (SSSR count). The summed E-state index contributed by atoms with van der Waals surface area (Å²) in [6.07, 6.45) is 0. The van der Waals surface area contributed by atoms with E-state index in [1.807, 2.05) is 25.3 Å². The van der Waals surface area contributed by atoms with E-state index in [0.29, 0.717) is 13.1 Å². The van der Waals surface area contributed by atoms with Gasteiger partial charge in [-0.3, -0.25) is 4.79 Å². The molecule has 0 aliphatic carbocycles. The highest BCUT2D eigenvalue weighted by atomic mass is 19.1. The van der Waals surface area contributed by atoms with Crippen LogP contribution in [0.3, 0.4) is 0 Å². The Bertz CT molecular complexity index is 749. The second-order valence-corrected chi connectivity index (χ2v) is 6.36. The molecule has 2 aromatic rings. The third-order valence-corrected chi connectivity index (χ3v) is 4.51. The van der Waals surface area contributed by atoms with Crippen molar-refractivity contribution in [2.45, 2.75) is 32.9 Å². The van der Waals surface area contributed by atoms with Crippen molar-refractivity contribution < 1.29 is 9.18 Å². The number of fused-ring (bicyclic) bond motifs is 1. The van der Waals surface area contributed by atoms with Crippen LogP contribution in [0.5, 0.6) is 0 Å². The van der Waals surface area contributed by atoms with E-state index in [0.717, 1.165) is 22.8 Å². The molecule has 1 aliphatic heterocycles. The molecule has 1 amide bonds. The minimum absolute atomic E-state index is 0.0408. The molecule has 1 aromatic heterocycles. The van der Waals surface area contributed by atoms with Crippen LogP contribution < -0.4 is 5.73 Å². The lowest BCUT2D eigenvalue weighted by atomic mass is 9.98. The fraction of sp³-hybridized carbons (Fsp3) is 0.412. The van der Waals surface area contributed by atoms with E-state index in [4.69, 9.17) is 10.7 Å². The zero-order chi connectivity index (χ0) is 16.8. The first-order valence-electron chi connectivity index (χ1n) is 7.70. The van der Waals surface area contributed by atoms with Crippen molar-refractivity contribution in [2.24, 2.45) is 5.73 Å². The number of hydrogen-bond donors (Lipinski definition) is 1. The second-order valence-electron chi connectivity index (χ2n) is 6.36. The molecule has 2 heterocycles. The predicted molar refractivity (Wildman–Crippen MR) is 86.2 cm³/mol. The van der Waals surface area contributed by atoms with Crippen molar-refractivity contribution in [3.63, 3.8) is 0 Å². The molecular formula is C17H21FN4O. The fourth-order valence-corrected chi connectivity index (χ4v) is 3.26. The SMILES string of the molecule is Cc1c(-c2ccc(F)cc2)nc2n1CC(=O)N(CCN)C2(C)C. The molecular weight excluding hydrogens is 295 g/mol. The Morgan fingerprint density at radius 3 is 2.57 bits per heavy atom. The topological polar surface area (TPSA) is 64.2 Å². The molecule has 6 heteroatoms. The van der Waals surface area contributed by atoms with Crippen LogP contribution in [0.2, 0.25) is 0 Å². The van der Waals surface area contributed by atoms with Crippen LogP contribution in [0, 0.1) is 12.7 Å². The van der Waals surface area contributed by atoms with Crippen molar-refractivity contribution >= 4 is 5.91 Å². The summed E-state index contributed by atoms with van der Waals surface area (Å²) < 4.78 is 15.1. The molecule has 0 fully saturated rings. The fourth-order valence-electron chi connectivity index (χ4n) is 3.26. The monoisotopic (exact) mass is 316 g/mol. The molecule has 0 atom stereocenters. The van der Waals surface area contributed by atoms with Gasteiger partial charge < -0.3 is 15.2 Å². The lowest BCUT2D eigenvalue weighted by Crippen LogP contribution is -2.54. The van der Waals surface area contributed by atoms with E-state index in [1.54, 1.807) is 17.0 Å². The highest BCUT2D eigenvalue weighted by Crippen LogP contribution is 2.35. The molecule has 1 aliphatic rings. The Kier molecular flexibility index (Phi) is 3.72. The van der Waals surface area contributed by atoms with Crippen LogP contribution in [-0.2, 0) is 16.9 Å². The summed E-state index contributed by atoms with van der Waals surface area (Å²) in [5.41, 5.74) is 7.67. The van der Waals surface area contributed by atoms with Gasteiger partial charge in [-0.2, -0.15) is 0 Å². The molecule has 0 saturated carbocycles. The van der Waals surface area contributed by atoms with Gasteiger partial charge in [0, 0.05) is 24.3 Å². The van der Waals surface area contributed by atoms with Crippen molar-refractivity contribution in [3.05, 3.63) is 41.6 Å². The van der Waals surface area contributed by atoms with Gasteiger partial charge in [0.1, 0.15) is 18.2 Å². The summed E-state index contributed by atoms with van der Waals surface area (Å²) in [6.45, 7) is 7.08. The zero-order valence-electron chi connectivity index (χ0n) is 13.6. The standard InChI is InChI=1S/C17H21FN4O/c1-11-15(12-4-6-13(18)7-5-12)20-16-17(2,3)22(9-8-19)14(23)10-21(11)16/h4-7H,8-10,19H2,1-3H3. The molecule has 122 valence electrons. The number of nitrogens with zero attached hydrogens (tertiary/aromatic N) is 3. The van der Waals surface area contributed by atoms with Crippen molar-refractivity contribution in [2.75, 3.05) is 13.1 Å². The number of imidazole rings is 1. The molecule has 0 saturated heterocycles. The summed E-state index contributed by atoms with van der Waals surface area (Å²) >= 11 is 0. The summed E-state index contributed by atoms with van der Waals surface area (Å²) in [5.74, 6) is 0.599. The smallest absolute Gasteiger partial charge is 0.243 e. The van der Waals surface area contributed by atoms with E-state index in [1.165, 1.54) is 12.1 Å². The number of carbonyl (C=O) groups is 1. The van der Waals surface area contributed by atoms with Crippen molar-refractivity contribution in [1.82, 2.24) is 14.5 Å². The zero-order valence-corrected chi connectivity index (χ0v) is 13.6. The van der Waals surface area contributed by atoms with Gasteiger partial charge in [0.2, 0.25) is 5.91 Å². The Hall–Kier alpha value is -2.21. The Labute approximate surface area is 134 Å². The molecule has 0 unspecified atom stereocenters. The van der Waals surface area contributed by atoms with Gasteiger partial charge in [-0.1, -0.05) is 0 Å². The second kappa shape index (κ2) is 5.45.